The van der Waals surface area contributed by atoms with E-state index in [9.17, 15) is 0 Å². The zero-order valence-electron chi connectivity index (χ0n) is 11.0. The van der Waals surface area contributed by atoms with Crippen molar-refractivity contribution >= 4 is 28.8 Å². The van der Waals surface area contributed by atoms with E-state index in [1.807, 2.05) is 18.2 Å². The Kier molecular flexibility index (Phi) is 3.60. The van der Waals surface area contributed by atoms with Gasteiger partial charge in [-0.3, -0.25) is 0 Å². The maximum absolute atomic E-state index is 6.24. The molecule has 0 bridgehead atoms. The second-order valence-electron chi connectivity index (χ2n) is 4.73. The minimum absolute atomic E-state index is 0.624. The molecule has 1 aromatic carbocycles. The molecule has 104 valence electrons. The summed E-state index contributed by atoms with van der Waals surface area (Å²) in [6, 6.07) is 7.93. The summed E-state index contributed by atoms with van der Waals surface area (Å²) < 4.78 is 0. The summed E-state index contributed by atoms with van der Waals surface area (Å²) in [5.41, 5.74) is 7.63. The van der Waals surface area contributed by atoms with Crippen LogP contribution in [0.5, 0.6) is 0 Å². The first-order valence-corrected chi connectivity index (χ1v) is 6.93. The molecule has 1 saturated heterocycles. The lowest BCUT2D eigenvalue weighted by atomic mass is 10.2. The molecule has 0 radical (unpaired) electrons. The maximum atomic E-state index is 6.24. The molecule has 1 aliphatic rings. The van der Waals surface area contributed by atoms with Gasteiger partial charge in [0, 0.05) is 26.2 Å². The van der Waals surface area contributed by atoms with Crippen molar-refractivity contribution in [2.75, 3.05) is 41.7 Å². The quantitative estimate of drug-likeness (QED) is 0.917. The largest absolute Gasteiger partial charge is 0.394 e. The average Bonchev–Trinajstić information content (AvgIpc) is 2.49. The van der Waals surface area contributed by atoms with E-state index in [2.05, 4.69) is 25.8 Å². The van der Waals surface area contributed by atoms with E-state index < -0.39 is 0 Å². The van der Waals surface area contributed by atoms with Crippen molar-refractivity contribution in [2.45, 2.75) is 0 Å². The van der Waals surface area contributed by atoms with Crippen LogP contribution >= 0.6 is 11.6 Å². The number of nitrogens with two attached hydrogens (primary N) is 1. The summed E-state index contributed by atoms with van der Waals surface area (Å²) in [6.07, 6.45) is 3.18. The van der Waals surface area contributed by atoms with E-state index in [1.54, 1.807) is 6.20 Å². The molecule has 0 amide bonds. The molecule has 5 nitrogen and oxygen atoms in total. The standard InChI is InChI=1S/C14H16ClN5/c15-11-3-1-2-4-13(11)19-5-7-20(8-6-19)14-12(16)9-17-10-18-14/h1-4,9-10H,5-8,16H2. The van der Waals surface area contributed by atoms with Crippen LogP contribution in [0.15, 0.2) is 36.8 Å². The summed E-state index contributed by atoms with van der Waals surface area (Å²) in [5.74, 6) is 0.818. The topological polar surface area (TPSA) is 58.3 Å². The van der Waals surface area contributed by atoms with Gasteiger partial charge >= 0.3 is 0 Å². The van der Waals surface area contributed by atoms with Crippen LogP contribution in [0, 0.1) is 0 Å². The fourth-order valence-corrected chi connectivity index (χ4v) is 2.72. The number of nitrogens with zero attached hydrogens (tertiary/aromatic N) is 4. The molecule has 1 aromatic heterocycles. The number of hydrogen-bond acceptors (Lipinski definition) is 5. The number of para-hydroxylation sites is 1. The van der Waals surface area contributed by atoms with E-state index in [-0.39, 0.29) is 0 Å². The number of halogens is 1. The van der Waals surface area contributed by atoms with Crippen molar-refractivity contribution in [1.82, 2.24) is 9.97 Å². The van der Waals surface area contributed by atoms with Gasteiger partial charge in [-0.2, -0.15) is 0 Å². The van der Waals surface area contributed by atoms with E-state index in [4.69, 9.17) is 17.3 Å². The Balaban J connectivity index is 1.72. The van der Waals surface area contributed by atoms with Gasteiger partial charge in [0.25, 0.3) is 0 Å². The van der Waals surface area contributed by atoms with Crippen LogP contribution in [0.4, 0.5) is 17.2 Å². The fourth-order valence-electron chi connectivity index (χ4n) is 2.47. The van der Waals surface area contributed by atoms with Gasteiger partial charge in [-0.15, -0.1) is 0 Å². The van der Waals surface area contributed by atoms with Crippen molar-refractivity contribution in [3.8, 4) is 0 Å². The van der Waals surface area contributed by atoms with Crippen LogP contribution < -0.4 is 15.5 Å². The first-order chi connectivity index (χ1) is 9.75. The van der Waals surface area contributed by atoms with Crippen LogP contribution in [-0.4, -0.2) is 36.1 Å². The van der Waals surface area contributed by atoms with Crippen LogP contribution in [0.1, 0.15) is 0 Å². The number of anilines is 3. The van der Waals surface area contributed by atoms with E-state index in [0.29, 0.717) is 5.69 Å². The highest BCUT2D eigenvalue weighted by Crippen LogP contribution is 2.27. The van der Waals surface area contributed by atoms with E-state index in [0.717, 1.165) is 42.7 Å². The summed E-state index contributed by atoms with van der Waals surface area (Å²) in [5, 5.41) is 0.794. The summed E-state index contributed by atoms with van der Waals surface area (Å²) in [7, 11) is 0. The van der Waals surface area contributed by atoms with Crippen molar-refractivity contribution in [3.05, 3.63) is 41.8 Å². The number of rotatable bonds is 2. The molecule has 2 heterocycles. The van der Waals surface area contributed by atoms with E-state index >= 15 is 0 Å². The molecule has 2 aromatic rings. The molecule has 0 atom stereocenters. The number of nitrogen functional groups attached to an aromatic ring is 1. The molecule has 0 aliphatic carbocycles. The Morgan fingerprint density at radius 2 is 1.75 bits per heavy atom. The predicted molar refractivity (Wildman–Crippen MR) is 82.3 cm³/mol. The lowest BCUT2D eigenvalue weighted by molar-refractivity contribution is 0.647. The van der Waals surface area contributed by atoms with Gasteiger partial charge in [0.05, 0.1) is 22.6 Å². The second kappa shape index (κ2) is 5.54. The zero-order valence-corrected chi connectivity index (χ0v) is 11.8. The molecule has 0 saturated carbocycles. The number of benzene rings is 1. The first kappa shape index (κ1) is 13.0. The zero-order chi connectivity index (χ0) is 13.9. The monoisotopic (exact) mass is 289 g/mol. The molecule has 3 rings (SSSR count). The fraction of sp³-hybridized carbons (Fsp3) is 0.286. The molecule has 1 aliphatic heterocycles. The normalized spacial score (nSPS) is 15.4. The Morgan fingerprint density at radius 3 is 2.45 bits per heavy atom. The SMILES string of the molecule is Nc1cncnc1N1CCN(c2ccccc2Cl)CC1. The third-order valence-electron chi connectivity index (χ3n) is 3.49. The Morgan fingerprint density at radius 1 is 1.05 bits per heavy atom. The van der Waals surface area contributed by atoms with Gasteiger partial charge < -0.3 is 15.5 Å². The molecule has 1 fully saturated rings. The smallest absolute Gasteiger partial charge is 0.155 e. The molecule has 2 N–H and O–H groups in total. The van der Waals surface area contributed by atoms with E-state index in [1.165, 1.54) is 6.33 Å². The minimum Gasteiger partial charge on any atom is -0.394 e. The molecule has 6 heteroatoms. The molecule has 20 heavy (non-hydrogen) atoms. The molecular weight excluding hydrogens is 274 g/mol. The van der Waals surface area contributed by atoms with Crippen molar-refractivity contribution in [3.63, 3.8) is 0 Å². The summed E-state index contributed by atoms with van der Waals surface area (Å²) >= 11 is 6.24. The summed E-state index contributed by atoms with van der Waals surface area (Å²) in [4.78, 5) is 12.7. The van der Waals surface area contributed by atoms with Gasteiger partial charge in [-0.05, 0) is 12.1 Å². The van der Waals surface area contributed by atoms with Crippen LogP contribution in [-0.2, 0) is 0 Å². The lowest BCUT2D eigenvalue weighted by Gasteiger charge is -2.37. The molecule has 0 spiro atoms. The van der Waals surface area contributed by atoms with Crippen molar-refractivity contribution < 1.29 is 0 Å². The predicted octanol–water partition coefficient (Wildman–Crippen LogP) is 2.04. The maximum Gasteiger partial charge on any atom is 0.155 e. The second-order valence-corrected chi connectivity index (χ2v) is 5.13. The van der Waals surface area contributed by atoms with Crippen LogP contribution in [0.2, 0.25) is 5.02 Å². The Bertz CT molecular complexity index is 542. The van der Waals surface area contributed by atoms with Gasteiger partial charge in [-0.1, -0.05) is 23.7 Å². The number of aromatic nitrogens is 2. The third kappa shape index (κ3) is 2.49. The van der Waals surface area contributed by atoms with Gasteiger partial charge in [-0.25, -0.2) is 9.97 Å². The lowest BCUT2D eigenvalue weighted by Crippen LogP contribution is -2.47. The molecule has 0 unspecified atom stereocenters. The third-order valence-corrected chi connectivity index (χ3v) is 3.81. The highest BCUT2D eigenvalue weighted by Gasteiger charge is 2.20. The number of piperazine rings is 1. The number of hydrogen-bond donors (Lipinski definition) is 1. The minimum atomic E-state index is 0.624. The van der Waals surface area contributed by atoms with Gasteiger partial charge in [0.2, 0.25) is 0 Å². The summed E-state index contributed by atoms with van der Waals surface area (Å²) in [6.45, 7) is 3.53. The first-order valence-electron chi connectivity index (χ1n) is 6.55. The van der Waals surface area contributed by atoms with Gasteiger partial charge in [0.1, 0.15) is 6.33 Å². The Labute approximate surface area is 123 Å². The van der Waals surface area contributed by atoms with Crippen LogP contribution in [0.25, 0.3) is 0 Å². The van der Waals surface area contributed by atoms with Crippen molar-refractivity contribution in [2.24, 2.45) is 0 Å². The van der Waals surface area contributed by atoms with Crippen molar-refractivity contribution in [1.29, 1.82) is 0 Å². The Hall–Kier alpha value is -2.01. The highest BCUT2D eigenvalue weighted by atomic mass is 35.5. The average molecular weight is 290 g/mol. The van der Waals surface area contributed by atoms with Crippen LogP contribution in [0.3, 0.4) is 0 Å². The van der Waals surface area contributed by atoms with Gasteiger partial charge in [0.15, 0.2) is 5.82 Å². The molecular formula is C14H16ClN5. The highest BCUT2D eigenvalue weighted by molar-refractivity contribution is 6.33.